The number of hydrogen-bond donors (Lipinski definition) is 2. The maximum Gasteiger partial charge on any atom is 0.227 e. The number of oxazole rings is 1. The van der Waals surface area contributed by atoms with Crippen molar-refractivity contribution in [3.05, 3.63) is 71.1 Å². The van der Waals surface area contributed by atoms with E-state index in [-0.39, 0.29) is 5.91 Å². The summed E-state index contributed by atoms with van der Waals surface area (Å²) in [5.74, 6) is 1.40. The van der Waals surface area contributed by atoms with E-state index in [0.29, 0.717) is 30.4 Å². The van der Waals surface area contributed by atoms with Crippen LogP contribution in [0.1, 0.15) is 31.2 Å². The third-order valence-corrected chi connectivity index (χ3v) is 6.87. The number of carbonyl (C=O) groups excluding carboxylic acids is 1. The van der Waals surface area contributed by atoms with E-state index >= 15 is 0 Å². The number of para-hydroxylation sites is 1. The zero-order chi connectivity index (χ0) is 24.0. The van der Waals surface area contributed by atoms with E-state index in [1.54, 1.807) is 0 Å². The molecule has 34 heavy (non-hydrogen) atoms. The van der Waals surface area contributed by atoms with Gasteiger partial charge < -0.3 is 20.0 Å². The fourth-order valence-corrected chi connectivity index (χ4v) is 4.75. The van der Waals surface area contributed by atoms with Gasteiger partial charge in [0.15, 0.2) is 0 Å². The Bertz CT molecular complexity index is 1080. The molecule has 1 aromatic heterocycles. The van der Waals surface area contributed by atoms with Gasteiger partial charge in [0, 0.05) is 48.9 Å². The molecular formula is C27H33ClN4O2. The van der Waals surface area contributed by atoms with Crippen LogP contribution in [0.2, 0.25) is 5.02 Å². The number of rotatable bonds is 9. The van der Waals surface area contributed by atoms with Gasteiger partial charge in [-0.15, -0.1) is 0 Å². The monoisotopic (exact) mass is 480 g/mol. The van der Waals surface area contributed by atoms with Gasteiger partial charge >= 0.3 is 0 Å². The number of anilines is 1. The molecule has 1 fully saturated rings. The highest BCUT2D eigenvalue weighted by Gasteiger charge is 2.41. The third-order valence-electron chi connectivity index (χ3n) is 6.61. The van der Waals surface area contributed by atoms with Crippen LogP contribution < -0.4 is 15.5 Å². The van der Waals surface area contributed by atoms with Crippen molar-refractivity contribution in [2.24, 2.45) is 5.41 Å². The highest BCUT2D eigenvalue weighted by atomic mass is 35.5. The summed E-state index contributed by atoms with van der Waals surface area (Å²) in [5.41, 5.74) is 2.34. The molecule has 0 radical (unpaired) electrons. The van der Waals surface area contributed by atoms with Crippen LogP contribution in [0.25, 0.3) is 11.5 Å². The summed E-state index contributed by atoms with van der Waals surface area (Å²) in [6.45, 7) is 7.86. The van der Waals surface area contributed by atoms with E-state index in [2.05, 4.69) is 34.6 Å². The number of benzene rings is 2. The van der Waals surface area contributed by atoms with Crippen LogP contribution in [-0.2, 0) is 11.2 Å². The first-order chi connectivity index (χ1) is 16.5. The summed E-state index contributed by atoms with van der Waals surface area (Å²) in [6.07, 6.45) is 2.33. The zero-order valence-corrected chi connectivity index (χ0v) is 20.7. The summed E-state index contributed by atoms with van der Waals surface area (Å²) >= 11 is 6.02. The molecule has 0 spiro atoms. The van der Waals surface area contributed by atoms with Gasteiger partial charge in [0.05, 0.1) is 11.1 Å². The van der Waals surface area contributed by atoms with Crippen LogP contribution >= 0.6 is 11.6 Å². The molecule has 3 aromatic rings. The smallest absolute Gasteiger partial charge is 0.227 e. The lowest BCUT2D eigenvalue weighted by atomic mass is 9.75. The Morgan fingerprint density at radius 3 is 2.65 bits per heavy atom. The number of piperidine rings is 1. The second-order valence-electron chi connectivity index (χ2n) is 8.94. The van der Waals surface area contributed by atoms with Crippen molar-refractivity contribution in [1.29, 1.82) is 0 Å². The first-order valence-electron chi connectivity index (χ1n) is 12.0. The molecule has 0 aliphatic carbocycles. The van der Waals surface area contributed by atoms with Crippen molar-refractivity contribution >= 4 is 23.2 Å². The van der Waals surface area contributed by atoms with Crippen LogP contribution in [0.4, 0.5) is 5.69 Å². The molecule has 4 rings (SSSR count). The highest BCUT2D eigenvalue weighted by Crippen LogP contribution is 2.33. The van der Waals surface area contributed by atoms with E-state index in [0.717, 1.165) is 49.5 Å². The van der Waals surface area contributed by atoms with Crippen LogP contribution in [0, 0.1) is 12.3 Å². The molecular weight excluding hydrogens is 448 g/mol. The van der Waals surface area contributed by atoms with Crippen molar-refractivity contribution in [3.8, 4) is 11.5 Å². The Hall–Kier alpha value is -2.83. The van der Waals surface area contributed by atoms with E-state index in [4.69, 9.17) is 21.0 Å². The van der Waals surface area contributed by atoms with Gasteiger partial charge in [-0.1, -0.05) is 29.8 Å². The lowest BCUT2D eigenvalue weighted by Crippen LogP contribution is -2.52. The van der Waals surface area contributed by atoms with Gasteiger partial charge in [0.2, 0.25) is 11.8 Å². The number of amides is 1. The number of carbonyl (C=O) groups is 1. The van der Waals surface area contributed by atoms with Crippen molar-refractivity contribution in [3.63, 3.8) is 0 Å². The van der Waals surface area contributed by atoms with Crippen molar-refractivity contribution in [2.75, 3.05) is 37.6 Å². The van der Waals surface area contributed by atoms with E-state index in [1.165, 1.54) is 5.69 Å². The van der Waals surface area contributed by atoms with E-state index < -0.39 is 5.41 Å². The second kappa shape index (κ2) is 11.1. The zero-order valence-electron chi connectivity index (χ0n) is 19.9. The minimum atomic E-state index is -0.541. The average Bonchev–Trinajstić information content (AvgIpc) is 3.23. The molecule has 0 bridgehead atoms. The van der Waals surface area contributed by atoms with Gasteiger partial charge in [0.1, 0.15) is 5.76 Å². The van der Waals surface area contributed by atoms with Crippen molar-refractivity contribution in [1.82, 2.24) is 15.6 Å². The minimum Gasteiger partial charge on any atom is -0.441 e. The Kier molecular flexibility index (Phi) is 7.91. The number of aryl methyl sites for hydroxylation is 1. The van der Waals surface area contributed by atoms with E-state index in [9.17, 15) is 4.79 Å². The largest absolute Gasteiger partial charge is 0.441 e. The molecule has 1 atom stereocenters. The Morgan fingerprint density at radius 1 is 1.21 bits per heavy atom. The Balaban J connectivity index is 1.45. The lowest BCUT2D eigenvalue weighted by Gasteiger charge is -2.36. The summed E-state index contributed by atoms with van der Waals surface area (Å²) < 4.78 is 5.97. The molecule has 1 unspecified atom stereocenters. The molecule has 0 saturated carbocycles. The van der Waals surface area contributed by atoms with Crippen molar-refractivity contribution in [2.45, 2.75) is 33.1 Å². The van der Waals surface area contributed by atoms with Gasteiger partial charge in [-0.3, -0.25) is 4.79 Å². The average molecular weight is 481 g/mol. The number of halogens is 1. The predicted octanol–water partition coefficient (Wildman–Crippen LogP) is 4.86. The van der Waals surface area contributed by atoms with Gasteiger partial charge in [-0.25, -0.2) is 4.98 Å². The SMILES string of the molecule is CCN(CCNC(=O)C1(Cc2nc(-c3ccc(Cl)cc3)oc2C)CCCNC1)c1ccccc1. The molecule has 1 amide bonds. The Morgan fingerprint density at radius 2 is 1.97 bits per heavy atom. The van der Waals surface area contributed by atoms with Gasteiger partial charge in [-0.2, -0.15) is 0 Å². The third kappa shape index (κ3) is 5.62. The molecule has 1 aliphatic rings. The van der Waals surface area contributed by atoms with Crippen LogP contribution in [-0.4, -0.2) is 43.6 Å². The van der Waals surface area contributed by atoms with Crippen LogP contribution in [0.3, 0.4) is 0 Å². The quantitative estimate of drug-likeness (QED) is 0.457. The van der Waals surface area contributed by atoms with Gasteiger partial charge in [-0.05, 0) is 69.6 Å². The minimum absolute atomic E-state index is 0.0826. The fraction of sp³-hybridized carbons (Fsp3) is 0.407. The summed E-state index contributed by atoms with van der Waals surface area (Å²) in [5, 5.41) is 7.32. The number of aromatic nitrogens is 1. The van der Waals surface area contributed by atoms with E-state index in [1.807, 2.05) is 49.4 Å². The number of likely N-dealkylation sites (N-methyl/N-ethyl adjacent to an activating group) is 1. The number of nitrogens with zero attached hydrogens (tertiary/aromatic N) is 2. The maximum absolute atomic E-state index is 13.5. The molecule has 2 heterocycles. The lowest BCUT2D eigenvalue weighted by molar-refractivity contribution is -0.132. The summed E-state index contributed by atoms with van der Waals surface area (Å²) in [6, 6.07) is 17.7. The molecule has 2 N–H and O–H groups in total. The van der Waals surface area contributed by atoms with Crippen molar-refractivity contribution < 1.29 is 9.21 Å². The maximum atomic E-state index is 13.5. The first-order valence-corrected chi connectivity index (χ1v) is 12.4. The molecule has 1 saturated heterocycles. The normalized spacial score (nSPS) is 18.0. The number of hydrogen-bond acceptors (Lipinski definition) is 5. The number of nitrogens with one attached hydrogen (secondary N) is 2. The highest BCUT2D eigenvalue weighted by molar-refractivity contribution is 6.30. The Labute approximate surface area is 206 Å². The van der Waals surface area contributed by atoms with Crippen LogP contribution in [0.15, 0.2) is 59.0 Å². The molecule has 2 aromatic carbocycles. The first kappa shape index (κ1) is 24.3. The van der Waals surface area contributed by atoms with Gasteiger partial charge in [0.25, 0.3) is 0 Å². The topological polar surface area (TPSA) is 70.4 Å². The standard InChI is InChI=1S/C27H33ClN4O2/c1-3-32(23-8-5-4-6-9-23)17-16-30-26(33)27(14-7-15-29-19-27)18-24-20(2)34-25(31-24)21-10-12-22(28)13-11-21/h4-6,8-13,29H,3,7,14-19H2,1-2H3,(H,30,33). The summed E-state index contributed by atoms with van der Waals surface area (Å²) in [4.78, 5) is 20.6. The van der Waals surface area contributed by atoms with Crippen LogP contribution in [0.5, 0.6) is 0 Å². The molecule has 7 heteroatoms. The molecule has 180 valence electrons. The molecule has 6 nitrogen and oxygen atoms in total. The summed E-state index contributed by atoms with van der Waals surface area (Å²) in [7, 11) is 0. The fourth-order valence-electron chi connectivity index (χ4n) is 4.62. The second-order valence-corrected chi connectivity index (χ2v) is 9.37. The predicted molar refractivity (Wildman–Crippen MR) is 137 cm³/mol. The molecule has 1 aliphatic heterocycles.